The Hall–Kier alpha value is -1.62. The van der Waals surface area contributed by atoms with E-state index in [1.807, 2.05) is 45.3 Å². The fourth-order valence-corrected chi connectivity index (χ4v) is 2.70. The van der Waals surface area contributed by atoms with Crippen LogP contribution in [0.3, 0.4) is 0 Å². The van der Waals surface area contributed by atoms with Crippen LogP contribution in [0.1, 0.15) is 33.6 Å². The number of carbonyl (C=O) groups excluding carboxylic acids is 1. The van der Waals surface area contributed by atoms with Crippen molar-refractivity contribution in [1.29, 1.82) is 0 Å². The van der Waals surface area contributed by atoms with Gasteiger partial charge in [-0.05, 0) is 45.7 Å². The van der Waals surface area contributed by atoms with E-state index in [0.29, 0.717) is 6.04 Å². The lowest BCUT2D eigenvalue weighted by atomic mass is 10.0. The summed E-state index contributed by atoms with van der Waals surface area (Å²) >= 11 is 0. The number of rotatable bonds is 5. The van der Waals surface area contributed by atoms with Gasteiger partial charge in [0.15, 0.2) is 0 Å². The number of carbonyl (C=O) groups is 1. The highest BCUT2D eigenvalue weighted by Crippen LogP contribution is 2.19. The van der Waals surface area contributed by atoms with Crippen LogP contribution in [0.5, 0.6) is 0 Å². The van der Waals surface area contributed by atoms with Crippen LogP contribution in [0.15, 0.2) is 24.5 Å². The number of hydrogen-bond donors (Lipinski definition) is 2. The van der Waals surface area contributed by atoms with Crippen LogP contribution in [0, 0.1) is 0 Å². The van der Waals surface area contributed by atoms with Crippen LogP contribution >= 0.6 is 0 Å². The maximum Gasteiger partial charge on any atom is 0.237 e. The van der Waals surface area contributed by atoms with Gasteiger partial charge in [0.05, 0.1) is 6.04 Å². The van der Waals surface area contributed by atoms with Crippen molar-refractivity contribution in [3.05, 3.63) is 24.5 Å². The smallest absolute Gasteiger partial charge is 0.237 e. The highest BCUT2D eigenvalue weighted by molar-refractivity contribution is 5.81. The van der Waals surface area contributed by atoms with E-state index in [0.717, 1.165) is 25.9 Å². The summed E-state index contributed by atoms with van der Waals surface area (Å²) in [7, 11) is 0. The van der Waals surface area contributed by atoms with Crippen molar-refractivity contribution in [2.75, 3.05) is 18.0 Å². The van der Waals surface area contributed by atoms with Gasteiger partial charge in [-0.3, -0.25) is 9.78 Å². The zero-order valence-electron chi connectivity index (χ0n) is 13.2. The van der Waals surface area contributed by atoms with Gasteiger partial charge < -0.3 is 15.5 Å². The van der Waals surface area contributed by atoms with Gasteiger partial charge >= 0.3 is 0 Å². The Labute approximate surface area is 127 Å². The van der Waals surface area contributed by atoms with Crippen molar-refractivity contribution in [2.45, 2.75) is 51.7 Å². The largest absolute Gasteiger partial charge is 0.371 e. The molecule has 1 fully saturated rings. The predicted octanol–water partition coefficient (Wildman–Crippen LogP) is 1.55. The molecule has 0 saturated carbocycles. The third-order valence-corrected chi connectivity index (χ3v) is 3.83. The molecule has 0 bridgehead atoms. The average molecular weight is 290 g/mol. The number of pyridine rings is 1. The Morgan fingerprint density at radius 1 is 1.24 bits per heavy atom. The van der Waals surface area contributed by atoms with Gasteiger partial charge in [-0.2, -0.15) is 0 Å². The van der Waals surface area contributed by atoms with E-state index < -0.39 is 0 Å². The van der Waals surface area contributed by atoms with E-state index in [1.165, 1.54) is 5.69 Å². The van der Waals surface area contributed by atoms with Crippen molar-refractivity contribution in [3.63, 3.8) is 0 Å². The second-order valence-corrected chi connectivity index (χ2v) is 6.02. The number of hydrogen-bond acceptors (Lipinski definition) is 4. The molecule has 1 atom stereocenters. The summed E-state index contributed by atoms with van der Waals surface area (Å²) in [5.74, 6) is 0.0848. The molecule has 5 heteroatoms. The standard InChI is InChI=1S/C16H26N4O/c1-12(2)18-16(21)13(3)19-14-6-10-20(11-7-14)15-4-8-17-9-5-15/h4-5,8-9,12-14,19H,6-7,10-11H2,1-3H3,(H,18,21). The molecule has 1 aromatic heterocycles. The molecule has 1 aliphatic rings. The fourth-order valence-electron chi connectivity index (χ4n) is 2.70. The van der Waals surface area contributed by atoms with Crippen LogP contribution in [0.25, 0.3) is 0 Å². The van der Waals surface area contributed by atoms with Crippen LogP contribution in [-0.4, -0.2) is 42.1 Å². The molecule has 0 spiro atoms. The second-order valence-electron chi connectivity index (χ2n) is 6.02. The molecule has 1 saturated heterocycles. The van der Waals surface area contributed by atoms with Gasteiger partial charge in [-0.25, -0.2) is 0 Å². The highest BCUT2D eigenvalue weighted by atomic mass is 16.2. The molecule has 21 heavy (non-hydrogen) atoms. The Balaban J connectivity index is 1.78. The van der Waals surface area contributed by atoms with Crippen molar-refractivity contribution in [3.8, 4) is 0 Å². The summed E-state index contributed by atoms with van der Waals surface area (Å²) in [6.45, 7) is 7.93. The van der Waals surface area contributed by atoms with E-state index in [2.05, 4.69) is 20.5 Å². The van der Waals surface area contributed by atoms with E-state index in [9.17, 15) is 4.79 Å². The molecule has 2 N–H and O–H groups in total. The Morgan fingerprint density at radius 2 is 1.86 bits per heavy atom. The lowest BCUT2D eigenvalue weighted by Crippen LogP contribution is -2.51. The molecule has 1 amide bonds. The van der Waals surface area contributed by atoms with Gasteiger partial charge in [-0.15, -0.1) is 0 Å². The molecular formula is C16H26N4O. The summed E-state index contributed by atoms with van der Waals surface area (Å²) in [6, 6.07) is 4.56. The summed E-state index contributed by atoms with van der Waals surface area (Å²) in [5.41, 5.74) is 1.23. The second kappa shape index (κ2) is 7.41. The number of nitrogens with zero attached hydrogens (tertiary/aromatic N) is 2. The van der Waals surface area contributed by atoms with Crippen molar-refractivity contribution in [2.24, 2.45) is 0 Å². The lowest BCUT2D eigenvalue weighted by molar-refractivity contribution is -0.123. The first kappa shape index (κ1) is 15.8. The van der Waals surface area contributed by atoms with E-state index in [1.54, 1.807) is 0 Å². The molecule has 2 heterocycles. The van der Waals surface area contributed by atoms with Gasteiger partial charge in [0.1, 0.15) is 0 Å². The van der Waals surface area contributed by atoms with Crippen molar-refractivity contribution < 1.29 is 4.79 Å². The Bertz CT molecular complexity index is 441. The minimum Gasteiger partial charge on any atom is -0.371 e. The van der Waals surface area contributed by atoms with Gasteiger partial charge in [0.25, 0.3) is 0 Å². The normalized spacial score (nSPS) is 17.8. The summed E-state index contributed by atoms with van der Waals surface area (Å²) in [4.78, 5) is 18.3. The minimum absolute atomic E-state index is 0.0848. The quantitative estimate of drug-likeness (QED) is 0.864. The van der Waals surface area contributed by atoms with Gasteiger partial charge in [-0.1, -0.05) is 0 Å². The van der Waals surface area contributed by atoms with Crippen LogP contribution in [0.2, 0.25) is 0 Å². The van der Waals surface area contributed by atoms with Crippen LogP contribution < -0.4 is 15.5 Å². The molecule has 2 rings (SSSR count). The maximum atomic E-state index is 11.9. The van der Waals surface area contributed by atoms with E-state index >= 15 is 0 Å². The van der Waals surface area contributed by atoms with Crippen LogP contribution in [-0.2, 0) is 4.79 Å². The summed E-state index contributed by atoms with van der Waals surface area (Å²) in [6.07, 6.45) is 5.78. The van der Waals surface area contributed by atoms with E-state index in [-0.39, 0.29) is 18.0 Å². The molecule has 5 nitrogen and oxygen atoms in total. The monoisotopic (exact) mass is 290 g/mol. The molecule has 0 radical (unpaired) electrons. The number of anilines is 1. The van der Waals surface area contributed by atoms with E-state index in [4.69, 9.17) is 0 Å². The zero-order chi connectivity index (χ0) is 15.2. The number of amides is 1. The number of nitrogens with one attached hydrogen (secondary N) is 2. The first-order valence-corrected chi connectivity index (χ1v) is 7.77. The molecule has 1 unspecified atom stereocenters. The fraction of sp³-hybridized carbons (Fsp3) is 0.625. The zero-order valence-corrected chi connectivity index (χ0v) is 13.2. The molecule has 1 aliphatic heterocycles. The molecule has 116 valence electrons. The van der Waals surface area contributed by atoms with Crippen molar-refractivity contribution >= 4 is 11.6 Å². The maximum absolute atomic E-state index is 11.9. The minimum atomic E-state index is -0.134. The van der Waals surface area contributed by atoms with Crippen molar-refractivity contribution in [1.82, 2.24) is 15.6 Å². The van der Waals surface area contributed by atoms with Crippen LogP contribution in [0.4, 0.5) is 5.69 Å². The molecular weight excluding hydrogens is 264 g/mol. The SMILES string of the molecule is CC(C)NC(=O)C(C)NC1CCN(c2ccncc2)CC1. The predicted molar refractivity (Wildman–Crippen MR) is 85.3 cm³/mol. The third kappa shape index (κ3) is 4.70. The van der Waals surface area contributed by atoms with Gasteiger partial charge in [0.2, 0.25) is 5.91 Å². The molecule has 1 aromatic rings. The number of piperidine rings is 1. The first-order valence-electron chi connectivity index (χ1n) is 7.77. The molecule has 0 aromatic carbocycles. The molecule has 0 aliphatic carbocycles. The average Bonchev–Trinajstić information content (AvgIpc) is 2.48. The topological polar surface area (TPSA) is 57.3 Å². The third-order valence-electron chi connectivity index (χ3n) is 3.83. The number of aromatic nitrogens is 1. The van der Waals surface area contributed by atoms with Gasteiger partial charge in [0, 0.05) is 43.3 Å². The highest BCUT2D eigenvalue weighted by Gasteiger charge is 2.23. The Morgan fingerprint density at radius 3 is 2.43 bits per heavy atom. The lowest BCUT2D eigenvalue weighted by Gasteiger charge is -2.35. The summed E-state index contributed by atoms with van der Waals surface area (Å²) in [5, 5.41) is 6.39. The first-order chi connectivity index (χ1) is 10.1. The Kier molecular flexibility index (Phi) is 5.56. The summed E-state index contributed by atoms with van der Waals surface area (Å²) < 4.78 is 0.